The minimum atomic E-state index is 0.651. The second kappa shape index (κ2) is 8.51. The molecule has 21 heavy (non-hydrogen) atoms. The monoisotopic (exact) mass is 295 g/mol. The van der Waals surface area contributed by atoms with Crippen molar-refractivity contribution < 1.29 is 9.26 Å². The van der Waals surface area contributed by atoms with Gasteiger partial charge in [0.25, 0.3) is 0 Å². The third kappa shape index (κ3) is 7.07. The molecule has 0 spiro atoms. The minimum absolute atomic E-state index is 0.651. The summed E-state index contributed by atoms with van der Waals surface area (Å²) in [6.45, 7) is 9.60. The van der Waals surface area contributed by atoms with E-state index in [9.17, 15) is 0 Å². The lowest BCUT2D eigenvalue weighted by molar-refractivity contribution is 0.0993. The zero-order chi connectivity index (χ0) is 15.1. The summed E-state index contributed by atoms with van der Waals surface area (Å²) in [5.74, 6) is 2.41. The number of ether oxygens (including phenoxy) is 1. The highest BCUT2D eigenvalue weighted by atomic mass is 16.5. The van der Waals surface area contributed by atoms with Crippen LogP contribution in [0.3, 0.4) is 0 Å². The van der Waals surface area contributed by atoms with Gasteiger partial charge >= 0.3 is 0 Å². The summed E-state index contributed by atoms with van der Waals surface area (Å²) < 4.78 is 11.0. The maximum Gasteiger partial charge on any atom is 0.151 e. The van der Waals surface area contributed by atoms with Gasteiger partial charge in [-0.05, 0) is 38.3 Å². The molecule has 0 radical (unpaired) electrons. The molecule has 1 aliphatic carbocycles. The van der Waals surface area contributed by atoms with E-state index in [2.05, 4.69) is 36.3 Å². The van der Waals surface area contributed by atoms with Gasteiger partial charge in [0.2, 0.25) is 0 Å². The number of likely N-dealkylation sites (N-methyl/N-ethyl adjacent to an activating group) is 1. The maximum absolute atomic E-state index is 5.65. The van der Waals surface area contributed by atoms with E-state index in [1.54, 1.807) is 0 Å². The van der Waals surface area contributed by atoms with Gasteiger partial charge in [-0.3, -0.25) is 4.90 Å². The third-order valence-corrected chi connectivity index (χ3v) is 3.56. The van der Waals surface area contributed by atoms with E-state index in [1.165, 1.54) is 12.8 Å². The number of hydrogen-bond acceptors (Lipinski definition) is 5. The highest BCUT2D eigenvalue weighted by molar-refractivity contribution is 5.05. The number of nitrogens with one attached hydrogen (secondary N) is 1. The Morgan fingerprint density at radius 3 is 3.00 bits per heavy atom. The molecule has 0 bridgehead atoms. The molecule has 0 aliphatic heterocycles. The lowest BCUT2D eigenvalue weighted by Crippen LogP contribution is -2.23. The third-order valence-electron chi connectivity index (χ3n) is 3.56. The summed E-state index contributed by atoms with van der Waals surface area (Å²) in [6, 6.07) is 2.04. The second-order valence-corrected chi connectivity index (χ2v) is 6.57. The molecule has 0 saturated heterocycles. The summed E-state index contributed by atoms with van der Waals surface area (Å²) in [4.78, 5) is 2.21. The highest BCUT2D eigenvalue weighted by Gasteiger charge is 2.21. The molecule has 0 amide bonds. The number of rotatable bonds is 11. The molecule has 0 unspecified atom stereocenters. The van der Waals surface area contributed by atoms with Crippen LogP contribution in [0, 0.1) is 11.8 Å². The minimum Gasteiger partial charge on any atom is -0.380 e. The Labute approximate surface area is 128 Å². The van der Waals surface area contributed by atoms with Crippen LogP contribution in [0.5, 0.6) is 0 Å². The highest BCUT2D eigenvalue weighted by Crippen LogP contribution is 2.28. The molecule has 0 atom stereocenters. The molecule has 1 saturated carbocycles. The van der Waals surface area contributed by atoms with Gasteiger partial charge in [0, 0.05) is 25.8 Å². The van der Waals surface area contributed by atoms with Crippen LogP contribution >= 0.6 is 0 Å². The van der Waals surface area contributed by atoms with Crippen LogP contribution in [0.15, 0.2) is 10.6 Å². The van der Waals surface area contributed by atoms with E-state index in [4.69, 9.17) is 9.26 Å². The Morgan fingerprint density at radius 2 is 2.29 bits per heavy atom. The molecular weight excluding hydrogens is 266 g/mol. The van der Waals surface area contributed by atoms with Crippen molar-refractivity contribution in [2.24, 2.45) is 11.8 Å². The number of hydrogen-bond donors (Lipinski definition) is 1. The molecule has 1 aromatic rings. The standard InChI is InChI=1S/C16H29N3O2/c1-13(2)9-17-10-15-8-16(21-18-15)11-19(3)6-7-20-12-14-4-5-14/h8,13-14,17H,4-7,9-12H2,1-3H3. The van der Waals surface area contributed by atoms with E-state index in [1.807, 2.05) is 6.07 Å². The van der Waals surface area contributed by atoms with Crippen LogP contribution in [0.25, 0.3) is 0 Å². The molecule has 120 valence electrons. The Morgan fingerprint density at radius 1 is 1.48 bits per heavy atom. The molecule has 1 aromatic heterocycles. The van der Waals surface area contributed by atoms with Gasteiger partial charge in [-0.2, -0.15) is 0 Å². The van der Waals surface area contributed by atoms with Crippen LogP contribution in [0.1, 0.15) is 38.1 Å². The first-order chi connectivity index (χ1) is 10.1. The molecule has 5 heteroatoms. The summed E-state index contributed by atoms with van der Waals surface area (Å²) >= 11 is 0. The van der Waals surface area contributed by atoms with Gasteiger partial charge in [0.05, 0.1) is 18.8 Å². The normalized spacial score (nSPS) is 15.3. The van der Waals surface area contributed by atoms with Crippen molar-refractivity contribution in [1.82, 2.24) is 15.4 Å². The zero-order valence-corrected chi connectivity index (χ0v) is 13.6. The van der Waals surface area contributed by atoms with Crippen molar-refractivity contribution in [3.63, 3.8) is 0 Å². The average molecular weight is 295 g/mol. The van der Waals surface area contributed by atoms with Crippen LogP contribution in [-0.4, -0.2) is 43.4 Å². The Balaban J connectivity index is 1.58. The summed E-state index contributed by atoms with van der Waals surface area (Å²) in [5, 5.41) is 7.47. The maximum atomic E-state index is 5.65. The van der Waals surface area contributed by atoms with Gasteiger partial charge in [0.1, 0.15) is 0 Å². The van der Waals surface area contributed by atoms with E-state index < -0.39 is 0 Å². The van der Waals surface area contributed by atoms with Crippen LogP contribution in [-0.2, 0) is 17.8 Å². The largest absolute Gasteiger partial charge is 0.380 e. The Bertz CT molecular complexity index is 402. The topological polar surface area (TPSA) is 50.5 Å². The summed E-state index contributed by atoms with van der Waals surface area (Å²) in [5.41, 5.74) is 0.976. The molecule has 5 nitrogen and oxygen atoms in total. The van der Waals surface area contributed by atoms with E-state index in [-0.39, 0.29) is 0 Å². The van der Waals surface area contributed by atoms with Crippen LogP contribution in [0.4, 0.5) is 0 Å². The zero-order valence-electron chi connectivity index (χ0n) is 13.6. The molecular formula is C16H29N3O2. The molecule has 1 N–H and O–H groups in total. The van der Waals surface area contributed by atoms with Gasteiger partial charge in [-0.15, -0.1) is 0 Å². The second-order valence-electron chi connectivity index (χ2n) is 6.57. The van der Waals surface area contributed by atoms with Crippen molar-refractivity contribution >= 4 is 0 Å². The van der Waals surface area contributed by atoms with Crippen molar-refractivity contribution in [2.75, 3.05) is 33.4 Å². The number of aromatic nitrogens is 1. The molecule has 0 aromatic carbocycles. The van der Waals surface area contributed by atoms with Crippen molar-refractivity contribution in [3.8, 4) is 0 Å². The van der Waals surface area contributed by atoms with E-state index in [0.717, 1.165) is 56.8 Å². The Hall–Kier alpha value is -0.910. The number of nitrogens with zero attached hydrogens (tertiary/aromatic N) is 2. The lowest BCUT2D eigenvalue weighted by atomic mass is 10.2. The average Bonchev–Trinajstić information content (AvgIpc) is 3.15. The molecule has 1 heterocycles. The molecule has 1 fully saturated rings. The van der Waals surface area contributed by atoms with E-state index >= 15 is 0 Å². The van der Waals surface area contributed by atoms with Crippen molar-refractivity contribution in [3.05, 3.63) is 17.5 Å². The summed E-state index contributed by atoms with van der Waals surface area (Å²) in [7, 11) is 2.08. The van der Waals surface area contributed by atoms with Crippen molar-refractivity contribution in [2.45, 2.75) is 39.8 Å². The van der Waals surface area contributed by atoms with Gasteiger partial charge in [0.15, 0.2) is 5.76 Å². The fourth-order valence-corrected chi connectivity index (χ4v) is 2.10. The van der Waals surface area contributed by atoms with Gasteiger partial charge in [-0.1, -0.05) is 19.0 Å². The quantitative estimate of drug-likeness (QED) is 0.635. The van der Waals surface area contributed by atoms with Crippen LogP contribution < -0.4 is 5.32 Å². The molecule has 1 aliphatic rings. The van der Waals surface area contributed by atoms with Gasteiger partial charge < -0.3 is 14.6 Å². The predicted molar refractivity (Wildman–Crippen MR) is 82.9 cm³/mol. The summed E-state index contributed by atoms with van der Waals surface area (Å²) in [6.07, 6.45) is 2.70. The first kappa shape index (κ1) is 16.5. The van der Waals surface area contributed by atoms with Crippen LogP contribution in [0.2, 0.25) is 0 Å². The predicted octanol–water partition coefficient (Wildman–Crippen LogP) is 2.28. The SMILES string of the molecule is CC(C)CNCc1cc(CN(C)CCOCC2CC2)on1. The smallest absolute Gasteiger partial charge is 0.151 e. The van der Waals surface area contributed by atoms with E-state index in [0.29, 0.717) is 5.92 Å². The first-order valence-electron chi connectivity index (χ1n) is 8.05. The fourth-order valence-electron chi connectivity index (χ4n) is 2.10. The Kier molecular flexibility index (Phi) is 6.67. The fraction of sp³-hybridized carbons (Fsp3) is 0.812. The van der Waals surface area contributed by atoms with Crippen molar-refractivity contribution in [1.29, 1.82) is 0 Å². The van der Waals surface area contributed by atoms with Gasteiger partial charge in [-0.25, -0.2) is 0 Å². The first-order valence-corrected chi connectivity index (χ1v) is 8.05. The molecule has 2 rings (SSSR count). The lowest BCUT2D eigenvalue weighted by Gasteiger charge is -2.14.